The van der Waals surface area contributed by atoms with E-state index in [0.29, 0.717) is 23.4 Å². The summed E-state index contributed by atoms with van der Waals surface area (Å²) < 4.78 is 5.23. The molecule has 1 atom stereocenters. The van der Waals surface area contributed by atoms with E-state index in [1.54, 1.807) is 42.5 Å². The second-order valence-electron chi connectivity index (χ2n) is 8.30. The molecule has 2 aromatic carbocycles. The number of hydrogen-bond acceptors (Lipinski definition) is 5. The number of rotatable bonds is 5. The third kappa shape index (κ3) is 3.49. The Kier molecular flexibility index (Phi) is 4.85. The fourth-order valence-corrected chi connectivity index (χ4v) is 4.34. The number of hydrogen-bond donors (Lipinski definition) is 2. The molecule has 2 aliphatic rings. The highest BCUT2D eigenvalue weighted by Crippen LogP contribution is 2.33. The minimum Gasteiger partial charge on any atom is -0.497 e. The second-order valence-corrected chi connectivity index (χ2v) is 8.30. The number of carbonyl (C=O) groups excluding carboxylic acids is 3. The number of fused-ring (bicyclic) bond motifs is 1. The Labute approximate surface area is 190 Å². The molecule has 3 heterocycles. The molecule has 1 fully saturated rings. The second kappa shape index (κ2) is 7.74. The van der Waals surface area contributed by atoms with Crippen molar-refractivity contribution in [3.63, 3.8) is 0 Å². The minimum absolute atomic E-state index is 0.00251. The van der Waals surface area contributed by atoms with E-state index in [1.807, 2.05) is 37.3 Å². The molecular formula is C25H22N4O4. The fourth-order valence-electron chi connectivity index (χ4n) is 4.34. The summed E-state index contributed by atoms with van der Waals surface area (Å²) in [6.07, 6.45) is 1.79. The monoisotopic (exact) mass is 442 g/mol. The van der Waals surface area contributed by atoms with E-state index in [9.17, 15) is 14.4 Å². The zero-order valence-electron chi connectivity index (χ0n) is 18.2. The Balaban J connectivity index is 1.47. The first kappa shape index (κ1) is 20.7. The van der Waals surface area contributed by atoms with Gasteiger partial charge in [-0.3, -0.25) is 19.9 Å². The summed E-state index contributed by atoms with van der Waals surface area (Å²) in [7, 11) is 1.54. The van der Waals surface area contributed by atoms with Crippen LogP contribution in [-0.4, -0.2) is 41.4 Å². The molecule has 4 amide bonds. The number of aryl methyl sites for hydroxylation is 1. The average molecular weight is 442 g/mol. The van der Waals surface area contributed by atoms with Gasteiger partial charge in [-0.15, -0.1) is 0 Å². The summed E-state index contributed by atoms with van der Waals surface area (Å²) >= 11 is 0. The van der Waals surface area contributed by atoms with Crippen molar-refractivity contribution >= 4 is 17.8 Å². The molecule has 1 saturated heterocycles. The number of pyridine rings is 1. The number of carbonyl (C=O) groups is 3. The minimum atomic E-state index is -1.39. The summed E-state index contributed by atoms with van der Waals surface area (Å²) in [6.45, 7) is 2.32. The summed E-state index contributed by atoms with van der Waals surface area (Å²) in [4.78, 5) is 44.3. The quantitative estimate of drug-likeness (QED) is 0.592. The van der Waals surface area contributed by atoms with Gasteiger partial charge in [0.15, 0.2) is 5.54 Å². The zero-order valence-corrected chi connectivity index (χ0v) is 18.2. The van der Waals surface area contributed by atoms with Crippen molar-refractivity contribution < 1.29 is 19.1 Å². The van der Waals surface area contributed by atoms with Crippen molar-refractivity contribution in [3.8, 4) is 17.0 Å². The molecule has 0 radical (unpaired) electrons. The van der Waals surface area contributed by atoms with Crippen LogP contribution in [0.25, 0.3) is 11.3 Å². The lowest BCUT2D eigenvalue weighted by molar-refractivity contribution is -0.124. The SMILES string of the molecule is COc1ccc2c(c1)C(=O)N(C[C@@]1(c3ccc(-c4ccc(C)cn4)cc3)NC(=O)NC1=O)C2. The highest BCUT2D eigenvalue weighted by Gasteiger charge is 2.50. The molecule has 0 unspecified atom stereocenters. The highest BCUT2D eigenvalue weighted by atomic mass is 16.5. The lowest BCUT2D eigenvalue weighted by Gasteiger charge is -2.31. The Morgan fingerprint density at radius 3 is 2.48 bits per heavy atom. The van der Waals surface area contributed by atoms with E-state index >= 15 is 0 Å². The molecule has 33 heavy (non-hydrogen) atoms. The number of aromatic nitrogens is 1. The maximum Gasteiger partial charge on any atom is 0.322 e. The highest BCUT2D eigenvalue weighted by molar-refractivity contribution is 6.08. The van der Waals surface area contributed by atoms with Crippen LogP contribution in [0.3, 0.4) is 0 Å². The van der Waals surface area contributed by atoms with E-state index in [-0.39, 0.29) is 12.5 Å². The van der Waals surface area contributed by atoms with Crippen LogP contribution in [0, 0.1) is 6.92 Å². The molecular weight excluding hydrogens is 420 g/mol. The maximum atomic E-state index is 13.1. The third-order valence-corrected chi connectivity index (χ3v) is 6.15. The van der Waals surface area contributed by atoms with Crippen molar-refractivity contribution in [1.82, 2.24) is 20.5 Å². The molecule has 0 spiro atoms. The molecule has 166 valence electrons. The molecule has 5 rings (SSSR count). The van der Waals surface area contributed by atoms with Crippen LogP contribution in [0.2, 0.25) is 0 Å². The third-order valence-electron chi connectivity index (χ3n) is 6.15. The largest absolute Gasteiger partial charge is 0.497 e. The first-order chi connectivity index (χ1) is 15.9. The van der Waals surface area contributed by atoms with Gasteiger partial charge in [0.2, 0.25) is 0 Å². The Morgan fingerprint density at radius 2 is 1.85 bits per heavy atom. The van der Waals surface area contributed by atoms with Gasteiger partial charge in [-0.05, 0) is 41.8 Å². The van der Waals surface area contributed by atoms with Crippen molar-refractivity contribution in [1.29, 1.82) is 0 Å². The van der Waals surface area contributed by atoms with Crippen molar-refractivity contribution in [2.24, 2.45) is 0 Å². The number of amides is 4. The predicted octanol–water partition coefficient (Wildman–Crippen LogP) is 2.76. The number of ether oxygens (including phenoxy) is 1. The molecule has 1 aromatic heterocycles. The van der Waals surface area contributed by atoms with Crippen molar-refractivity contribution in [2.45, 2.75) is 19.0 Å². The van der Waals surface area contributed by atoms with Gasteiger partial charge in [-0.25, -0.2) is 4.79 Å². The Hall–Kier alpha value is -4.20. The molecule has 8 heteroatoms. The Morgan fingerprint density at radius 1 is 1.06 bits per heavy atom. The van der Waals surface area contributed by atoms with Crippen molar-refractivity contribution in [3.05, 3.63) is 83.0 Å². The van der Waals surface area contributed by atoms with Crippen LogP contribution in [0.1, 0.15) is 27.0 Å². The first-order valence-electron chi connectivity index (χ1n) is 10.5. The number of imide groups is 1. The van der Waals surface area contributed by atoms with E-state index < -0.39 is 17.5 Å². The Bertz CT molecular complexity index is 1270. The summed E-state index contributed by atoms with van der Waals surface area (Å²) in [5.74, 6) is -0.112. The van der Waals surface area contributed by atoms with Crippen LogP contribution >= 0.6 is 0 Å². The summed E-state index contributed by atoms with van der Waals surface area (Å²) in [6, 6.07) is 16.0. The standard InChI is InChI=1S/C25H22N4O4/c1-15-3-10-21(26-12-15)16-4-7-18(8-5-16)25(23(31)27-24(32)28-25)14-29-13-17-6-9-19(33-2)11-20(17)22(29)30/h3-12H,13-14H2,1-2H3,(H2,27,28,31,32)/t25-/m0/s1. The number of nitrogens with one attached hydrogen (secondary N) is 2. The van der Waals surface area contributed by atoms with Gasteiger partial charge in [0.05, 0.1) is 19.3 Å². The van der Waals surface area contributed by atoms with E-state index in [1.165, 1.54) is 0 Å². The van der Waals surface area contributed by atoms with Gasteiger partial charge in [-0.1, -0.05) is 36.4 Å². The van der Waals surface area contributed by atoms with Crippen LogP contribution in [0.5, 0.6) is 5.75 Å². The predicted molar refractivity (Wildman–Crippen MR) is 120 cm³/mol. The maximum absolute atomic E-state index is 13.1. The van der Waals surface area contributed by atoms with Gasteiger partial charge < -0.3 is 15.0 Å². The molecule has 0 saturated carbocycles. The average Bonchev–Trinajstić information content (AvgIpc) is 3.29. The number of benzene rings is 2. The smallest absolute Gasteiger partial charge is 0.322 e. The van der Waals surface area contributed by atoms with Crippen LogP contribution in [-0.2, 0) is 16.9 Å². The molecule has 8 nitrogen and oxygen atoms in total. The lowest BCUT2D eigenvalue weighted by Crippen LogP contribution is -2.52. The number of nitrogens with zero attached hydrogens (tertiary/aromatic N) is 2. The van der Waals surface area contributed by atoms with Gasteiger partial charge in [0.1, 0.15) is 5.75 Å². The van der Waals surface area contributed by atoms with Crippen LogP contribution in [0.15, 0.2) is 60.8 Å². The zero-order chi connectivity index (χ0) is 23.2. The molecule has 0 bridgehead atoms. The van der Waals surface area contributed by atoms with Crippen LogP contribution in [0.4, 0.5) is 4.79 Å². The van der Waals surface area contributed by atoms with Gasteiger partial charge in [0.25, 0.3) is 11.8 Å². The van der Waals surface area contributed by atoms with E-state index in [2.05, 4.69) is 15.6 Å². The summed E-state index contributed by atoms with van der Waals surface area (Å²) in [5.41, 5.74) is 3.33. The molecule has 0 aliphatic carbocycles. The van der Waals surface area contributed by atoms with Gasteiger partial charge in [0, 0.05) is 23.9 Å². The van der Waals surface area contributed by atoms with Gasteiger partial charge >= 0.3 is 6.03 Å². The molecule has 2 aliphatic heterocycles. The first-order valence-corrected chi connectivity index (χ1v) is 10.5. The number of methoxy groups -OCH3 is 1. The van der Waals surface area contributed by atoms with Crippen molar-refractivity contribution in [2.75, 3.05) is 13.7 Å². The van der Waals surface area contributed by atoms with Crippen LogP contribution < -0.4 is 15.4 Å². The number of urea groups is 1. The fraction of sp³-hybridized carbons (Fsp3) is 0.200. The molecule has 3 aromatic rings. The van der Waals surface area contributed by atoms with Gasteiger partial charge in [-0.2, -0.15) is 0 Å². The lowest BCUT2D eigenvalue weighted by atomic mass is 9.88. The van der Waals surface area contributed by atoms with E-state index in [4.69, 9.17) is 4.74 Å². The topological polar surface area (TPSA) is 101 Å². The van der Waals surface area contributed by atoms with E-state index in [0.717, 1.165) is 22.4 Å². The normalized spacial score (nSPS) is 19.3. The molecule has 2 N–H and O–H groups in total. The summed E-state index contributed by atoms with van der Waals surface area (Å²) in [5, 5.41) is 5.09.